The van der Waals surface area contributed by atoms with E-state index in [0.29, 0.717) is 18.2 Å². The van der Waals surface area contributed by atoms with Crippen LogP contribution in [0.2, 0.25) is 0 Å². The second-order valence-corrected chi connectivity index (χ2v) is 3.51. The number of benzene rings is 1. The van der Waals surface area contributed by atoms with Crippen molar-refractivity contribution >= 4 is 5.82 Å². The van der Waals surface area contributed by atoms with E-state index in [0.717, 1.165) is 11.3 Å². The molecule has 0 aliphatic heterocycles. The Morgan fingerprint density at radius 1 is 1.19 bits per heavy atom. The molecule has 1 aromatic heterocycles. The highest BCUT2D eigenvalue weighted by atomic mass is 16.5. The number of nitrogens with two attached hydrogens (primary N) is 1. The third-order valence-corrected chi connectivity index (χ3v) is 2.15. The number of rotatable bonds is 3. The Kier molecular flexibility index (Phi) is 3.00. The van der Waals surface area contributed by atoms with E-state index in [-0.39, 0.29) is 0 Å². The van der Waals surface area contributed by atoms with Crippen LogP contribution in [0.5, 0.6) is 5.75 Å². The van der Waals surface area contributed by atoms with Crippen molar-refractivity contribution in [1.29, 1.82) is 0 Å². The van der Waals surface area contributed by atoms with Gasteiger partial charge in [-0.1, -0.05) is 30.3 Å². The summed E-state index contributed by atoms with van der Waals surface area (Å²) in [5.74, 6) is 0.901. The SMILES string of the molecule is Cc1cc(OCc2ccccc2)c(N)nn1. The van der Waals surface area contributed by atoms with Crippen LogP contribution in [0.3, 0.4) is 0 Å². The standard InChI is InChI=1S/C12H13N3O/c1-9-7-11(12(13)15-14-9)16-8-10-5-3-2-4-6-10/h2-7H,8H2,1H3,(H2,13,15). The summed E-state index contributed by atoms with van der Waals surface area (Å²) in [4.78, 5) is 0. The fourth-order valence-corrected chi connectivity index (χ4v) is 1.33. The third-order valence-electron chi connectivity index (χ3n) is 2.15. The lowest BCUT2D eigenvalue weighted by Crippen LogP contribution is -2.02. The summed E-state index contributed by atoms with van der Waals surface area (Å²) in [6.45, 7) is 2.33. The minimum absolute atomic E-state index is 0.321. The van der Waals surface area contributed by atoms with Gasteiger partial charge in [0.25, 0.3) is 0 Å². The van der Waals surface area contributed by atoms with Crippen molar-refractivity contribution in [2.24, 2.45) is 0 Å². The monoisotopic (exact) mass is 215 g/mol. The Morgan fingerprint density at radius 2 is 1.94 bits per heavy atom. The van der Waals surface area contributed by atoms with Gasteiger partial charge in [0.2, 0.25) is 0 Å². The first-order valence-corrected chi connectivity index (χ1v) is 5.02. The predicted octanol–water partition coefficient (Wildman–Crippen LogP) is 1.95. The van der Waals surface area contributed by atoms with E-state index < -0.39 is 0 Å². The van der Waals surface area contributed by atoms with Crippen molar-refractivity contribution in [3.05, 3.63) is 47.7 Å². The lowest BCUT2D eigenvalue weighted by molar-refractivity contribution is 0.306. The maximum absolute atomic E-state index is 5.65. The molecule has 1 aromatic carbocycles. The van der Waals surface area contributed by atoms with Crippen molar-refractivity contribution < 1.29 is 4.74 Å². The summed E-state index contributed by atoms with van der Waals surface area (Å²) >= 11 is 0. The number of nitrogens with zero attached hydrogens (tertiary/aromatic N) is 2. The first-order chi connectivity index (χ1) is 7.75. The zero-order chi connectivity index (χ0) is 11.4. The van der Waals surface area contributed by atoms with Crippen LogP contribution in [-0.2, 0) is 6.61 Å². The Bertz CT molecular complexity index is 471. The largest absolute Gasteiger partial charge is 0.485 e. The molecule has 1 heterocycles. The lowest BCUT2D eigenvalue weighted by atomic mass is 10.2. The van der Waals surface area contributed by atoms with Gasteiger partial charge in [0.1, 0.15) is 6.61 Å². The molecule has 2 aromatic rings. The molecular weight excluding hydrogens is 202 g/mol. The second-order valence-electron chi connectivity index (χ2n) is 3.51. The van der Waals surface area contributed by atoms with E-state index in [1.54, 1.807) is 6.07 Å². The average Bonchev–Trinajstić information content (AvgIpc) is 2.32. The van der Waals surface area contributed by atoms with Crippen molar-refractivity contribution in [2.45, 2.75) is 13.5 Å². The fourth-order valence-electron chi connectivity index (χ4n) is 1.33. The van der Waals surface area contributed by atoms with E-state index in [4.69, 9.17) is 10.5 Å². The van der Waals surface area contributed by atoms with Gasteiger partial charge in [-0.15, -0.1) is 5.10 Å². The molecule has 2 rings (SSSR count). The van der Waals surface area contributed by atoms with E-state index in [2.05, 4.69) is 10.2 Å². The summed E-state index contributed by atoms with van der Waals surface area (Å²) in [6.07, 6.45) is 0. The van der Waals surface area contributed by atoms with Crippen molar-refractivity contribution in [3.8, 4) is 5.75 Å². The molecule has 0 saturated carbocycles. The van der Waals surface area contributed by atoms with Gasteiger partial charge < -0.3 is 10.5 Å². The number of anilines is 1. The molecule has 2 N–H and O–H groups in total. The Balaban J connectivity index is 2.08. The quantitative estimate of drug-likeness (QED) is 0.850. The summed E-state index contributed by atoms with van der Waals surface area (Å²) in [5.41, 5.74) is 7.54. The fraction of sp³-hybridized carbons (Fsp3) is 0.167. The summed E-state index contributed by atoms with van der Waals surface area (Å²) in [7, 11) is 0. The smallest absolute Gasteiger partial charge is 0.188 e. The summed E-state index contributed by atoms with van der Waals surface area (Å²) < 4.78 is 5.58. The van der Waals surface area contributed by atoms with Crippen LogP contribution >= 0.6 is 0 Å². The highest BCUT2D eigenvalue weighted by molar-refractivity contribution is 5.44. The number of hydrogen-bond acceptors (Lipinski definition) is 4. The van der Waals surface area contributed by atoms with Gasteiger partial charge in [-0.3, -0.25) is 0 Å². The zero-order valence-electron chi connectivity index (χ0n) is 9.05. The lowest BCUT2D eigenvalue weighted by Gasteiger charge is -2.07. The van der Waals surface area contributed by atoms with Crippen molar-refractivity contribution in [1.82, 2.24) is 10.2 Å². The maximum atomic E-state index is 5.65. The first-order valence-electron chi connectivity index (χ1n) is 5.02. The molecule has 0 aliphatic carbocycles. The van der Waals surface area contributed by atoms with Crippen LogP contribution < -0.4 is 10.5 Å². The highest BCUT2D eigenvalue weighted by Gasteiger charge is 2.03. The van der Waals surface area contributed by atoms with E-state index >= 15 is 0 Å². The summed E-state index contributed by atoms with van der Waals surface area (Å²) in [6, 6.07) is 11.7. The zero-order valence-corrected chi connectivity index (χ0v) is 9.05. The minimum atomic E-state index is 0.321. The topological polar surface area (TPSA) is 61.0 Å². The van der Waals surface area contributed by atoms with Gasteiger partial charge in [0.05, 0.1) is 5.69 Å². The molecule has 0 aliphatic rings. The van der Waals surface area contributed by atoms with Gasteiger partial charge in [-0.05, 0) is 12.5 Å². The molecule has 4 heteroatoms. The molecule has 0 radical (unpaired) electrons. The molecule has 16 heavy (non-hydrogen) atoms. The molecule has 0 unspecified atom stereocenters. The number of aryl methyl sites for hydroxylation is 1. The molecule has 0 amide bonds. The van der Waals surface area contributed by atoms with Crippen molar-refractivity contribution in [3.63, 3.8) is 0 Å². The Morgan fingerprint density at radius 3 is 2.69 bits per heavy atom. The van der Waals surface area contributed by atoms with Crippen LogP contribution in [0.15, 0.2) is 36.4 Å². The molecular formula is C12H13N3O. The van der Waals surface area contributed by atoms with Crippen molar-refractivity contribution in [2.75, 3.05) is 5.73 Å². The molecule has 0 saturated heterocycles. The van der Waals surface area contributed by atoms with E-state index in [9.17, 15) is 0 Å². The first kappa shape index (κ1) is 10.4. The van der Waals surface area contributed by atoms with Crippen LogP contribution in [-0.4, -0.2) is 10.2 Å². The Labute approximate surface area is 94.1 Å². The maximum Gasteiger partial charge on any atom is 0.188 e. The van der Waals surface area contributed by atoms with E-state index in [1.165, 1.54) is 0 Å². The van der Waals surface area contributed by atoms with Gasteiger partial charge in [-0.2, -0.15) is 5.10 Å². The third kappa shape index (κ3) is 2.48. The predicted molar refractivity (Wildman–Crippen MR) is 62.0 cm³/mol. The molecule has 0 atom stereocenters. The molecule has 0 spiro atoms. The van der Waals surface area contributed by atoms with Crippen LogP contribution in [0.1, 0.15) is 11.3 Å². The summed E-state index contributed by atoms with van der Waals surface area (Å²) in [5, 5.41) is 7.63. The van der Waals surface area contributed by atoms with Crippen LogP contribution in [0.25, 0.3) is 0 Å². The highest BCUT2D eigenvalue weighted by Crippen LogP contribution is 2.19. The number of hydrogen-bond donors (Lipinski definition) is 1. The minimum Gasteiger partial charge on any atom is -0.485 e. The van der Waals surface area contributed by atoms with Gasteiger partial charge in [0.15, 0.2) is 11.6 Å². The van der Waals surface area contributed by atoms with Gasteiger partial charge in [-0.25, -0.2) is 0 Å². The molecule has 0 bridgehead atoms. The van der Waals surface area contributed by atoms with Crippen LogP contribution in [0.4, 0.5) is 5.82 Å². The second kappa shape index (κ2) is 4.61. The molecule has 82 valence electrons. The normalized spacial score (nSPS) is 10.1. The Hall–Kier alpha value is -2.10. The molecule has 4 nitrogen and oxygen atoms in total. The number of aromatic nitrogens is 2. The average molecular weight is 215 g/mol. The van der Waals surface area contributed by atoms with E-state index in [1.807, 2.05) is 37.3 Å². The van der Waals surface area contributed by atoms with Crippen LogP contribution in [0, 0.1) is 6.92 Å². The van der Waals surface area contributed by atoms with Gasteiger partial charge in [0, 0.05) is 6.07 Å². The van der Waals surface area contributed by atoms with Gasteiger partial charge >= 0.3 is 0 Å². The number of ether oxygens (including phenoxy) is 1. The number of nitrogen functional groups attached to an aromatic ring is 1. The molecule has 0 fully saturated rings.